The maximum Gasteiger partial charge on any atom is 0.247 e. The molecule has 1 fully saturated rings. The summed E-state index contributed by atoms with van der Waals surface area (Å²) in [4.78, 5) is 13.2. The van der Waals surface area contributed by atoms with Crippen molar-refractivity contribution in [3.05, 3.63) is 34.9 Å². The van der Waals surface area contributed by atoms with Crippen LogP contribution in [0.15, 0.2) is 23.8 Å². The second-order valence-electron chi connectivity index (χ2n) is 12.7. The summed E-state index contributed by atoms with van der Waals surface area (Å²) < 4.78 is 6.56. The van der Waals surface area contributed by atoms with Crippen molar-refractivity contribution < 1.29 is 19.7 Å². The summed E-state index contributed by atoms with van der Waals surface area (Å²) in [6, 6.07) is 4.23. The molecule has 0 radical (unpaired) electrons. The molecule has 2 atom stereocenters. The molecular weight excluding hydrogens is 450 g/mol. The molecule has 0 bridgehead atoms. The molecule has 3 N–H and O–H groups in total. The van der Waals surface area contributed by atoms with Crippen molar-refractivity contribution in [2.24, 2.45) is 5.92 Å². The van der Waals surface area contributed by atoms with Crippen LogP contribution in [-0.2, 0) is 10.2 Å². The number of nitrogens with one attached hydrogen (secondary N) is 1. The molecule has 5 heteroatoms. The van der Waals surface area contributed by atoms with Gasteiger partial charge in [0.1, 0.15) is 17.1 Å². The second-order valence-corrected chi connectivity index (χ2v) is 12.7. The van der Waals surface area contributed by atoms with Crippen LogP contribution in [0.25, 0.3) is 0 Å². The number of aliphatic hydroxyl groups excluding tert-OH is 1. The van der Waals surface area contributed by atoms with Crippen LogP contribution in [0.2, 0.25) is 0 Å². The number of fused-ring (bicyclic) bond motifs is 3. The third kappa shape index (κ3) is 5.77. The minimum absolute atomic E-state index is 0.00464. The summed E-state index contributed by atoms with van der Waals surface area (Å²) >= 11 is 0. The van der Waals surface area contributed by atoms with E-state index in [0.717, 1.165) is 61.0 Å². The average Bonchev–Trinajstić information content (AvgIpc) is 2.82. The number of amides is 1. The number of hydrogen-bond donors (Lipinski definition) is 3. The molecule has 3 aliphatic rings. The van der Waals surface area contributed by atoms with Crippen LogP contribution in [0.5, 0.6) is 11.5 Å². The van der Waals surface area contributed by atoms with Crippen LogP contribution in [0.4, 0.5) is 0 Å². The monoisotopic (exact) mass is 497 g/mol. The number of carbonyl (C=O) groups excluding carboxylic acids is 1. The van der Waals surface area contributed by atoms with Crippen LogP contribution < -0.4 is 10.1 Å². The zero-order valence-corrected chi connectivity index (χ0v) is 23.0. The van der Waals surface area contributed by atoms with Gasteiger partial charge in [0.2, 0.25) is 5.91 Å². The molecule has 1 aromatic carbocycles. The van der Waals surface area contributed by atoms with Gasteiger partial charge in [0.05, 0.1) is 6.10 Å². The summed E-state index contributed by atoms with van der Waals surface area (Å²) in [6.45, 7) is 11.0. The lowest BCUT2D eigenvalue weighted by atomic mass is 9.66. The molecule has 0 saturated heterocycles. The first-order valence-electron chi connectivity index (χ1n) is 14.3. The van der Waals surface area contributed by atoms with E-state index in [0.29, 0.717) is 12.2 Å². The fraction of sp³-hybridized carbons (Fsp3) is 0.710. The minimum Gasteiger partial charge on any atom is -0.508 e. The van der Waals surface area contributed by atoms with E-state index in [4.69, 9.17) is 4.74 Å². The van der Waals surface area contributed by atoms with E-state index in [1.165, 1.54) is 25.7 Å². The van der Waals surface area contributed by atoms with Crippen molar-refractivity contribution in [3.63, 3.8) is 0 Å². The number of benzene rings is 1. The number of phenols is 1. The molecular formula is C31H47NO4. The van der Waals surface area contributed by atoms with Gasteiger partial charge in [-0.15, -0.1) is 0 Å². The van der Waals surface area contributed by atoms with Crippen molar-refractivity contribution in [3.8, 4) is 11.5 Å². The van der Waals surface area contributed by atoms with E-state index in [-0.39, 0.29) is 40.9 Å². The predicted octanol–water partition coefficient (Wildman–Crippen LogP) is 6.65. The largest absolute Gasteiger partial charge is 0.508 e. The van der Waals surface area contributed by atoms with E-state index in [1.54, 1.807) is 0 Å². The summed E-state index contributed by atoms with van der Waals surface area (Å²) in [6.07, 6.45) is 12.3. The quantitative estimate of drug-likeness (QED) is 0.351. The molecule has 36 heavy (non-hydrogen) atoms. The zero-order valence-electron chi connectivity index (χ0n) is 23.0. The van der Waals surface area contributed by atoms with E-state index >= 15 is 0 Å². The van der Waals surface area contributed by atoms with Gasteiger partial charge in [-0.3, -0.25) is 4.79 Å². The first-order chi connectivity index (χ1) is 17.0. The fourth-order valence-corrected chi connectivity index (χ4v) is 6.61. The van der Waals surface area contributed by atoms with Crippen LogP contribution >= 0.6 is 0 Å². The molecule has 200 valence electrons. The number of rotatable bonds is 8. The highest BCUT2D eigenvalue weighted by Crippen LogP contribution is 2.55. The number of aliphatic hydroxyl groups is 1. The van der Waals surface area contributed by atoms with Crippen LogP contribution in [0.3, 0.4) is 0 Å². The van der Waals surface area contributed by atoms with E-state index in [9.17, 15) is 15.0 Å². The molecule has 1 aliphatic heterocycles. The summed E-state index contributed by atoms with van der Waals surface area (Å²) in [7, 11) is 0. The summed E-state index contributed by atoms with van der Waals surface area (Å²) in [5.74, 6) is 1.33. The van der Waals surface area contributed by atoms with Gasteiger partial charge in [0, 0.05) is 29.0 Å². The van der Waals surface area contributed by atoms with Gasteiger partial charge < -0.3 is 20.3 Å². The number of hydrogen-bond acceptors (Lipinski definition) is 4. The Morgan fingerprint density at radius 1 is 1.14 bits per heavy atom. The highest BCUT2D eigenvalue weighted by Gasteiger charge is 2.47. The van der Waals surface area contributed by atoms with Crippen LogP contribution in [0.1, 0.15) is 122 Å². The molecule has 0 unspecified atom stereocenters. The highest BCUT2D eigenvalue weighted by molar-refractivity contribution is 5.94. The average molecular weight is 498 g/mol. The molecule has 5 nitrogen and oxygen atoms in total. The first-order valence-corrected chi connectivity index (χ1v) is 14.3. The van der Waals surface area contributed by atoms with Gasteiger partial charge in [0.15, 0.2) is 0 Å². The van der Waals surface area contributed by atoms with Crippen molar-refractivity contribution in [1.82, 2.24) is 5.32 Å². The van der Waals surface area contributed by atoms with Crippen LogP contribution in [-0.4, -0.2) is 33.9 Å². The zero-order chi connectivity index (χ0) is 26.1. The van der Waals surface area contributed by atoms with E-state index in [2.05, 4.69) is 52.1 Å². The molecule has 4 rings (SSSR count). The Hall–Kier alpha value is -2.01. The molecule has 0 spiro atoms. The standard InChI is InChI=1S/C31H47NO4/c1-6-7-8-9-16-30(2,3)21-18-26(34)28-24-17-20(29(35)32-22-11-13-23(33)14-12-22)10-15-25(24)31(4,5)36-27(28)19-21/h10,18-19,22-25,33-34H,6-9,11-17H2,1-5H3,(H,32,35)/t22-,23+,24-,25-/m1/s1. The topological polar surface area (TPSA) is 78.8 Å². The lowest BCUT2D eigenvalue weighted by Crippen LogP contribution is -2.47. The SMILES string of the molecule is CCCCCCC(C)(C)c1cc(O)c2c(c1)OC(C)(C)[C@@H]1CC=C(C(=O)N[C@H]3CC[C@@H](O)CC3)C[C@@H]21. The normalized spacial score (nSPS) is 27.3. The number of allylic oxidation sites excluding steroid dienone is 1. The van der Waals surface area contributed by atoms with Gasteiger partial charge in [-0.1, -0.05) is 52.5 Å². The Morgan fingerprint density at radius 3 is 2.56 bits per heavy atom. The van der Waals surface area contributed by atoms with E-state index < -0.39 is 0 Å². The number of phenolic OH excluding ortho intramolecular Hbond substituents is 1. The predicted molar refractivity (Wildman–Crippen MR) is 145 cm³/mol. The van der Waals surface area contributed by atoms with Crippen LogP contribution in [0, 0.1) is 5.92 Å². The molecule has 1 aromatic rings. The molecule has 1 saturated carbocycles. The molecule has 1 amide bonds. The smallest absolute Gasteiger partial charge is 0.247 e. The molecule has 0 aromatic heterocycles. The number of carbonyl (C=O) groups is 1. The lowest BCUT2D eigenvalue weighted by molar-refractivity contribution is -0.119. The van der Waals surface area contributed by atoms with Gasteiger partial charge in [-0.25, -0.2) is 0 Å². The number of ether oxygens (including phenoxy) is 1. The Bertz CT molecular complexity index is 971. The van der Waals surface area contributed by atoms with Gasteiger partial charge in [0.25, 0.3) is 0 Å². The highest BCUT2D eigenvalue weighted by atomic mass is 16.5. The number of unbranched alkanes of at least 4 members (excludes halogenated alkanes) is 3. The van der Waals surface area contributed by atoms with Crippen molar-refractivity contribution in [2.45, 2.75) is 134 Å². The lowest BCUT2D eigenvalue weighted by Gasteiger charge is -2.47. The third-order valence-electron chi connectivity index (χ3n) is 9.06. The summed E-state index contributed by atoms with van der Waals surface area (Å²) in [5, 5.41) is 24.3. The maximum absolute atomic E-state index is 13.2. The Balaban J connectivity index is 1.55. The summed E-state index contributed by atoms with van der Waals surface area (Å²) in [5.41, 5.74) is 2.37. The molecule has 1 heterocycles. The Kier molecular flexibility index (Phi) is 8.09. The van der Waals surface area contributed by atoms with Gasteiger partial charge >= 0.3 is 0 Å². The van der Waals surface area contributed by atoms with Gasteiger partial charge in [-0.2, -0.15) is 0 Å². The Morgan fingerprint density at radius 2 is 1.86 bits per heavy atom. The third-order valence-corrected chi connectivity index (χ3v) is 9.06. The first kappa shape index (κ1) is 27.0. The van der Waals surface area contributed by atoms with E-state index in [1.807, 2.05) is 6.07 Å². The van der Waals surface area contributed by atoms with Crippen molar-refractivity contribution in [1.29, 1.82) is 0 Å². The molecule has 2 aliphatic carbocycles. The fourth-order valence-electron chi connectivity index (χ4n) is 6.61. The maximum atomic E-state index is 13.2. The van der Waals surface area contributed by atoms with Crippen molar-refractivity contribution in [2.75, 3.05) is 0 Å². The Labute approximate surface area is 217 Å². The second kappa shape index (κ2) is 10.8. The van der Waals surface area contributed by atoms with Gasteiger partial charge in [-0.05, 0) is 81.9 Å². The van der Waals surface area contributed by atoms with Crippen molar-refractivity contribution >= 4 is 5.91 Å². The number of aromatic hydroxyl groups is 1. The minimum atomic E-state index is -0.383.